The zero-order valence-electron chi connectivity index (χ0n) is 12.6. The van der Waals surface area contributed by atoms with Crippen molar-refractivity contribution < 1.29 is 14.3 Å². The van der Waals surface area contributed by atoms with Crippen molar-refractivity contribution in [3.63, 3.8) is 0 Å². The van der Waals surface area contributed by atoms with E-state index in [0.717, 1.165) is 17.5 Å². The summed E-state index contributed by atoms with van der Waals surface area (Å²) in [7, 11) is 1.74. The van der Waals surface area contributed by atoms with Gasteiger partial charge in [-0.15, -0.1) is 0 Å². The van der Waals surface area contributed by atoms with Gasteiger partial charge >= 0.3 is 6.09 Å². The van der Waals surface area contributed by atoms with E-state index in [2.05, 4.69) is 5.10 Å². The van der Waals surface area contributed by atoms with Gasteiger partial charge in [0.2, 0.25) is 0 Å². The van der Waals surface area contributed by atoms with Gasteiger partial charge in [-0.1, -0.05) is 0 Å². The first kappa shape index (κ1) is 14.6. The van der Waals surface area contributed by atoms with Crippen LogP contribution in [0.3, 0.4) is 0 Å². The van der Waals surface area contributed by atoms with E-state index in [1.54, 1.807) is 16.6 Å². The third-order valence-corrected chi connectivity index (χ3v) is 3.43. The molecule has 1 atom stereocenters. The Morgan fingerprint density at radius 3 is 2.65 bits per heavy atom. The molecule has 1 aromatic rings. The van der Waals surface area contributed by atoms with Gasteiger partial charge in [-0.3, -0.25) is 14.4 Å². The molecule has 0 aromatic carbocycles. The van der Waals surface area contributed by atoms with Crippen molar-refractivity contribution in [1.29, 1.82) is 0 Å². The third-order valence-electron chi connectivity index (χ3n) is 3.43. The number of ether oxygens (including phenoxy) is 1. The quantitative estimate of drug-likeness (QED) is 0.738. The molecule has 110 valence electrons. The molecule has 2 heterocycles. The smallest absolute Gasteiger partial charge is 0.410 e. The number of fused-ring (bicyclic) bond motifs is 1. The molecule has 1 aliphatic heterocycles. The number of carbonyl (C=O) groups is 2. The van der Waals surface area contributed by atoms with E-state index < -0.39 is 5.60 Å². The van der Waals surface area contributed by atoms with Crippen molar-refractivity contribution in [2.75, 3.05) is 6.54 Å². The molecular formula is C14H21N3O3. The van der Waals surface area contributed by atoms with Crippen LogP contribution >= 0.6 is 0 Å². The van der Waals surface area contributed by atoms with Crippen LogP contribution in [0.2, 0.25) is 0 Å². The Balaban J connectivity index is 2.26. The highest BCUT2D eigenvalue weighted by atomic mass is 16.6. The minimum Gasteiger partial charge on any atom is -0.444 e. The average molecular weight is 279 g/mol. The summed E-state index contributed by atoms with van der Waals surface area (Å²) in [5, 5.41) is 4.37. The predicted molar refractivity (Wildman–Crippen MR) is 73.7 cm³/mol. The molecule has 1 aliphatic rings. The van der Waals surface area contributed by atoms with Gasteiger partial charge in [0.25, 0.3) is 0 Å². The molecule has 6 nitrogen and oxygen atoms in total. The minimum atomic E-state index is -0.519. The highest BCUT2D eigenvalue weighted by molar-refractivity contribution is 5.76. The van der Waals surface area contributed by atoms with Gasteiger partial charge in [-0.2, -0.15) is 5.10 Å². The zero-order chi connectivity index (χ0) is 15.1. The van der Waals surface area contributed by atoms with Crippen molar-refractivity contribution in [1.82, 2.24) is 14.7 Å². The Morgan fingerprint density at radius 1 is 1.45 bits per heavy atom. The Kier molecular flexibility index (Phi) is 3.58. The van der Waals surface area contributed by atoms with Crippen LogP contribution < -0.4 is 0 Å². The van der Waals surface area contributed by atoms with Crippen LogP contribution in [0.4, 0.5) is 4.79 Å². The summed E-state index contributed by atoms with van der Waals surface area (Å²) in [5.74, 6) is 0. The van der Waals surface area contributed by atoms with E-state index in [0.29, 0.717) is 18.7 Å². The van der Waals surface area contributed by atoms with Crippen LogP contribution in [-0.4, -0.2) is 39.2 Å². The molecule has 0 saturated carbocycles. The van der Waals surface area contributed by atoms with Gasteiger partial charge in [-0.05, 0) is 34.1 Å². The van der Waals surface area contributed by atoms with Gasteiger partial charge in [0.1, 0.15) is 11.3 Å². The maximum absolute atomic E-state index is 12.2. The van der Waals surface area contributed by atoms with Crippen LogP contribution in [0.1, 0.15) is 55.5 Å². The van der Waals surface area contributed by atoms with Crippen LogP contribution in [0.5, 0.6) is 0 Å². The molecule has 0 bridgehead atoms. The molecule has 1 aromatic heterocycles. The van der Waals surface area contributed by atoms with Gasteiger partial charge in [-0.25, -0.2) is 4.79 Å². The first-order chi connectivity index (χ1) is 9.24. The van der Waals surface area contributed by atoms with E-state index in [9.17, 15) is 9.59 Å². The molecule has 6 heteroatoms. The van der Waals surface area contributed by atoms with Crippen molar-refractivity contribution in [3.8, 4) is 0 Å². The fourth-order valence-corrected chi connectivity index (χ4v) is 2.49. The average Bonchev–Trinajstić information content (AvgIpc) is 2.63. The lowest BCUT2D eigenvalue weighted by Gasteiger charge is -2.34. The molecule has 1 amide bonds. The number of aryl methyl sites for hydroxylation is 1. The number of nitrogens with zero attached hydrogens (tertiary/aromatic N) is 3. The van der Waals surface area contributed by atoms with Gasteiger partial charge < -0.3 is 4.74 Å². The van der Waals surface area contributed by atoms with Crippen LogP contribution in [0.25, 0.3) is 0 Å². The molecule has 0 N–H and O–H groups in total. The standard InChI is InChI=1S/C14H21N3O3/c1-9-12-10(11(8-18)16(5)15-12)6-7-17(9)13(19)20-14(2,3)4/h8-9H,6-7H2,1-5H3. The van der Waals surface area contributed by atoms with Gasteiger partial charge in [0.05, 0.1) is 11.7 Å². The van der Waals surface area contributed by atoms with E-state index >= 15 is 0 Å². The maximum atomic E-state index is 12.2. The SMILES string of the molecule is CC1c2nn(C)c(C=O)c2CCN1C(=O)OC(C)(C)C. The minimum absolute atomic E-state index is 0.187. The van der Waals surface area contributed by atoms with E-state index in [-0.39, 0.29) is 12.1 Å². The molecule has 0 fully saturated rings. The molecule has 0 saturated heterocycles. The van der Waals surface area contributed by atoms with E-state index in [4.69, 9.17) is 4.74 Å². The number of hydrogen-bond acceptors (Lipinski definition) is 4. The second-order valence-corrected chi connectivity index (χ2v) is 6.09. The number of amides is 1. The maximum Gasteiger partial charge on any atom is 0.410 e. The lowest BCUT2D eigenvalue weighted by Crippen LogP contribution is -2.42. The Morgan fingerprint density at radius 2 is 2.10 bits per heavy atom. The molecule has 1 unspecified atom stereocenters. The molecule has 2 rings (SSSR count). The van der Waals surface area contributed by atoms with Crippen LogP contribution in [0, 0.1) is 0 Å². The highest BCUT2D eigenvalue weighted by Gasteiger charge is 2.34. The highest BCUT2D eigenvalue weighted by Crippen LogP contribution is 2.31. The summed E-state index contributed by atoms with van der Waals surface area (Å²) >= 11 is 0. The summed E-state index contributed by atoms with van der Waals surface area (Å²) in [6.45, 7) is 7.97. The van der Waals surface area contributed by atoms with Crippen molar-refractivity contribution >= 4 is 12.4 Å². The fraction of sp³-hybridized carbons (Fsp3) is 0.643. The second kappa shape index (κ2) is 4.92. The van der Waals surface area contributed by atoms with Gasteiger partial charge in [0, 0.05) is 19.2 Å². The second-order valence-electron chi connectivity index (χ2n) is 6.09. The Hall–Kier alpha value is -1.85. The largest absolute Gasteiger partial charge is 0.444 e. The van der Waals surface area contributed by atoms with Crippen LogP contribution in [-0.2, 0) is 18.2 Å². The van der Waals surface area contributed by atoms with E-state index in [1.807, 2.05) is 27.7 Å². The van der Waals surface area contributed by atoms with E-state index in [1.165, 1.54) is 0 Å². The fourth-order valence-electron chi connectivity index (χ4n) is 2.49. The first-order valence-electron chi connectivity index (χ1n) is 6.75. The third kappa shape index (κ3) is 2.55. The molecular weight excluding hydrogens is 258 g/mol. The molecule has 0 aliphatic carbocycles. The van der Waals surface area contributed by atoms with Crippen LogP contribution in [0.15, 0.2) is 0 Å². The summed E-state index contributed by atoms with van der Waals surface area (Å²) < 4.78 is 6.99. The number of rotatable bonds is 1. The van der Waals surface area contributed by atoms with Gasteiger partial charge in [0.15, 0.2) is 6.29 Å². The monoisotopic (exact) mass is 279 g/mol. The molecule has 20 heavy (non-hydrogen) atoms. The number of aromatic nitrogens is 2. The number of aldehydes is 1. The van der Waals surface area contributed by atoms with Crippen molar-refractivity contribution in [3.05, 3.63) is 17.0 Å². The van der Waals surface area contributed by atoms with Crippen molar-refractivity contribution in [2.45, 2.75) is 45.8 Å². The number of carbonyl (C=O) groups excluding carboxylic acids is 2. The molecule has 0 spiro atoms. The molecule has 0 radical (unpaired) electrons. The summed E-state index contributed by atoms with van der Waals surface area (Å²) in [4.78, 5) is 25.0. The topological polar surface area (TPSA) is 64.4 Å². The first-order valence-corrected chi connectivity index (χ1v) is 6.75. The van der Waals surface area contributed by atoms with Crippen molar-refractivity contribution in [2.24, 2.45) is 7.05 Å². The summed E-state index contributed by atoms with van der Waals surface area (Å²) in [5.41, 5.74) is 1.80. The normalized spacial score (nSPS) is 18.6. The summed E-state index contributed by atoms with van der Waals surface area (Å²) in [6, 6.07) is -0.187. The predicted octanol–water partition coefficient (Wildman–Crippen LogP) is 2.09. The zero-order valence-corrected chi connectivity index (χ0v) is 12.6. The Labute approximate surface area is 118 Å². The summed E-state index contributed by atoms with van der Waals surface area (Å²) in [6.07, 6.45) is 1.11. The lowest BCUT2D eigenvalue weighted by atomic mass is 9.99. The Bertz CT molecular complexity index is 543. The lowest BCUT2D eigenvalue weighted by molar-refractivity contribution is 0.0155. The number of hydrogen-bond donors (Lipinski definition) is 0.